The second-order valence-corrected chi connectivity index (χ2v) is 5.07. The Hall–Kier alpha value is -2.35. The molecule has 0 fully saturated rings. The molecule has 1 heterocycles. The maximum absolute atomic E-state index is 3.47. The SMILES string of the molecule is Cc1cc(NCCc2ccccc2)[nH+]c2ccccc12. The lowest BCUT2D eigenvalue weighted by Gasteiger charge is -2.04. The van der Waals surface area contributed by atoms with Gasteiger partial charge in [-0.3, -0.25) is 5.32 Å². The van der Waals surface area contributed by atoms with Gasteiger partial charge in [-0.1, -0.05) is 48.5 Å². The standard InChI is InChI=1S/C18H18N2/c1-14-13-18(20-17-10-6-5-9-16(14)17)19-12-11-15-7-3-2-4-8-15/h2-10,13H,11-12H2,1H3,(H,19,20)/p+1. The lowest BCUT2D eigenvalue weighted by molar-refractivity contribution is -0.327. The highest BCUT2D eigenvalue weighted by Gasteiger charge is 2.06. The first-order valence-electron chi connectivity index (χ1n) is 7.02. The van der Waals surface area contributed by atoms with E-state index in [1.165, 1.54) is 22.0 Å². The number of aromatic nitrogens is 1. The van der Waals surface area contributed by atoms with Crippen LogP contribution in [-0.4, -0.2) is 6.54 Å². The molecule has 3 rings (SSSR count). The fraction of sp³-hybridized carbons (Fsp3) is 0.167. The number of fused-ring (bicyclic) bond motifs is 1. The monoisotopic (exact) mass is 263 g/mol. The van der Waals surface area contributed by atoms with E-state index in [2.05, 4.69) is 77.9 Å². The number of anilines is 1. The number of hydrogen-bond donors (Lipinski definition) is 1. The Bertz CT molecular complexity index is 705. The van der Waals surface area contributed by atoms with Crippen molar-refractivity contribution >= 4 is 16.7 Å². The van der Waals surface area contributed by atoms with Gasteiger partial charge >= 0.3 is 0 Å². The van der Waals surface area contributed by atoms with E-state index in [9.17, 15) is 0 Å². The second kappa shape index (κ2) is 5.74. The maximum atomic E-state index is 3.47. The number of pyridine rings is 1. The van der Waals surface area contributed by atoms with Crippen LogP contribution in [0.15, 0.2) is 60.7 Å². The Morgan fingerprint density at radius 3 is 2.55 bits per heavy atom. The highest BCUT2D eigenvalue weighted by molar-refractivity contribution is 5.79. The molecule has 1 aromatic heterocycles. The van der Waals surface area contributed by atoms with E-state index in [0.717, 1.165) is 18.8 Å². The smallest absolute Gasteiger partial charge is 0.272 e. The Labute approximate surface area is 119 Å². The normalized spacial score (nSPS) is 10.7. The van der Waals surface area contributed by atoms with Crippen molar-refractivity contribution in [2.75, 3.05) is 11.9 Å². The van der Waals surface area contributed by atoms with E-state index in [4.69, 9.17) is 0 Å². The van der Waals surface area contributed by atoms with E-state index in [0.29, 0.717) is 0 Å². The molecule has 0 aliphatic heterocycles. The van der Waals surface area contributed by atoms with Crippen LogP contribution in [0.5, 0.6) is 0 Å². The lowest BCUT2D eigenvalue weighted by Crippen LogP contribution is -2.16. The third-order valence-corrected chi connectivity index (χ3v) is 3.55. The molecule has 2 nitrogen and oxygen atoms in total. The van der Waals surface area contributed by atoms with Crippen LogP contribution < -0.4 is 10.3 Å². The summed E-state index contributed by atoms with van der Waals surface area (Å²) in [6.45, 7) is 3.08. The number of para-hydroxylation sites is 1. The summed E-state index contributed by atoms with van der Waals surface area (Å²) in [6.07, 6.45) is 1.03. The molecule has 0 saturated carbocycles. The van der Waals surface area contributed by atoms with Crippen molar-refractivity contribution in [2.24, 2.45) is 0 Å². The van der Waals surface area contributed by atoms with E-state index < -0.39 is 0 Å². The highest BCUT2D eigenvalue weighted by atomic mass is 15.0. The maximum Gasteiger partial charge on any atom is 0.272 e. The van der Waals surface area contributed by atoms with Crippen molar-refractivity contribution in [1.29, 1.82) is 0 Å². The summed E-state index contributed by atoms with van der Waals surface area (Å²) in [5, 5.41) is 4.75. The minimum absolute atomic E-state index is 0.929. The Morgan fingerprint density at radius 2 is 1.70 bits per heavy atom. The van der Waals surface area contributed by atoms with Gasteiger partial charge in [-0.05, 0) is 24.1 Å². The largest absolute Gasteiger partial charge is 0.274 e. The highest BCUT2D eigenvalue weighted by Crippen LogP contribution is 2.16. The van der Waals surface area contributed by atoms with E-state index in [-0.39, 0.29) is 0 Å². The van der Waals surface area contributed by atoms with E-state index in [1.54, 1.807) is 0 Å². The number of aromatic amines is 1. The molecule has 0 atom stereocenters. The molecule has 0 aliphatic carbocycles. The molecule has 2 heteroatoms. The van der Waals surface area contributed by atoms with E-state index >= 15 is 0 Å². The second-order valence-electron chi connectivity index (χ2n) is 5.07. The van der Waals surface area contributed by atoms with Gasteiger partial charge in [-0.25, -0.2) is 4.98 Å². The third-order valence-electron chi connectivity index (χ3n) is 3.55. The summed E-state index contributed by atoms with van der Waals surface area (Å²) >= 11 is 0. The lowest BCUT2D eigenvalue weighted by atomic mass is 10.1. The van der Waals surface area contributed by atoms with E-state index in [1.807, 2.05) is 0 Å². The van der Waals surface area contributed by atoms with Gasteiger partial charge < -0.3 is 0 Å². The summed E-state index contributed by atoms with van der Waals surface area (Å²) in [6, 6.07) is 21.1. The molecule has 0 amide bonds. The average Bonchev–Trinajstić information content (AvgIpc) is 2.48. The van der Waals surface area contributed by atoms with Crippen molar-refractivity contribution in [2.45, 2.75) is 13.3 Å². The average molecular weight is 263 g/mol. The zero-order valence-corrected chi connectivity index (χ0v) is 11.7. The van der Waals surface area contributed by atoms with Crippen molar-refractivity contribution in [3.05, 3.63) is 71.8 Å². The zero-order chi connectivity index (χ0) is 13.8. The minimum atomic E-state index is 0.929. The van der Waals surface area contributed by atoms with Gasteiger partial charge in [0.2, 0.25) is 0 Å². The minimum Gasteiger partial charge on any atom is -0.274 e. The van der Waals surface area contributed by atoms with Crippen molar-refractivity contribution in [3.8, 4) is 0 Å². The van der Waals surface area contributed by atoms with Crippen LogP contribution in [-0.2, 0) is 6.42 Å². The summed E-state index contributed by atoms with van der Waals surface area (Å²) in [4.78, 5) is 3.44. The molecule has 0 saturated heterocycles. The molecule has 0 aliphatic rings. The molecule has 2 N–H and O–H groups in total. The Kier molecular flexibility index (Phi) is 3.64. The first kappa shape index (κ1) is 12.7. The molecule has 0 spiro atoms. The van der Waals surface area contributed by atoms with Gasteiger partial charge in [0.05, 0.1) is 6.54 Å². The van der Waals surface area contributed by atoms with Crippen LogP contribution in [0, 0.1) is 6.92 Å². The van der Waals surface area contributed by atoms with Crippen molar-refractivity contribution in [3.63, 3.8) is 0 Å². The first-order valence-corrected chi connectivity index (χ1v) is 7.02. The van der Waals surface area contributed by atoms with Crippen LogP contribution in [0.2, 0.25) is 0 Å². The number of rotatable bonds is 4. The van der Waals surface area contributed by atoms with Crippen LogP contribution in [0.3, 0.4) is 0 Å². The van der Waals surface area contributed by atoms with Crippen LogP contribution >= 0.6 is 0 Å². The topological polar surface area (TPSA) is 26.2 Å². The van der Waals surface area contributed by atoms with Gasteiger partial charge in [0, 0.05) is 17.9 Å². The third kappa shape index (κ3) is 2.80. The molecule has 20 heavy (non-hydrogen) atoms. The molecule has 0 bridgehead atoms. The van der Waals surface area contributed by atoms with Gasteiger partial charge in [-0.2, -0.15) is 0 Å². The molecular formula is C18H19N2+. The summed E-state index contributed by atoms with van der Waals surface area (Å²) in [5.41, 5.74) is 3.83. The molecule has 0 unspecified atom stereocenters. The fourth-order valence-corrected chi connectivity index (χ4v) is 2.49. The summed E-state index contributed by atoms with van der Waals surface area (Å²) < 4.78 is 0. The number of H-pyrrole nitrogens is 1. The van der Waals surface area contributed by atoms with Crippen LogP contribution in [0.25, 0.3) is 10.9 Å². The predicted molar refractivity (Wildman–Crippen MR) is 83.9 cm³/mol. The molecular weight excluding hydrogens is 244 g/mol. The number of hydrogen-bond acceptors (Lipinski definition) is 1. The fourth-order valence-electron chi connectivity index (χ4n) is 2.49. The molecule has 0 radical (unpaired) electrons. The van der Waals surface area contributed by atoms with Crippen molar-refractivity contribution < 1.29 is 4.98 Å². The van der Waals surface area contributed by atoms with Crippen LogP contribution in [0.4, 0.5) is 5.82 Å². The first-order chi connectivity index (χ1) is 9.83. The van der Waals surface area contributed by atoms with Crippen LogP contribution in [0.1, 0.15) is 11.1 Å². The number of nitrogens with one attached hydrogen (secondary N) is 2. The number of benzene rings is 2. The van der Waals surface area contributed by atoms with Crippen molar-refractivity contribution in [1.82, 2.24) is 0 Å². The van der Waals surface area contributed by atoms with Gasteiger partial charge in [-0.15, -0.1) is 0 Å². The Balaban J connectivity index is 1.72. The summed E-state index contributed by atoms with van der Waals surface area (Å²) in [7, 11) is 0. The van der Waals surface area contributed by atoms with Gasteiger partial charge in [0.15, 0.2) is 0 Å². The van der Waals surface area contributed by atoms with Gasteiger partial charge in [0.25, 0.3) is 5.82 Å². The van der Waals surface area contributed by atoms with Gasteiger partial charge in [0.1, 0.15) is 5.52 Å². The molecule has 2 aromatic carbocycles. The summed E-state index contributed by atoms with van der Waals surface area (Å²) in [5.74, 6) is 1.08. The zero-order valence-electron chi connectivity index (χ0n) is 11.7. The molecule has 100 valence electrons. The molecule has 3 aromatic rings. The number of aryl methyl sites for hydroxylation is 1. The Morgan fingerprint density at radius 1 is 0.950 bits per heavy atom. The predicted octanol–water partition coefficient (Wildman–Crippen LogP) is 3.62. The quantitative estimate of drug-likeness (QED) is 0.764.